The van der Waals surface area contributed by atoms with Gasteiger partial charge >= 0.3 is 0 Å². The van der Waals surface area contributed by atoms with E-state index in [-0.39, 0.29) is 50.5 Å². The van der Waals surface area contributed by atoms with Crippen molar-refractivity contribution >= 4 is 64.0 Å². The third kappa shape index (κ3) is 10.4. The van der Waals surface area contributed by atoms with Crippen LogP contribution in [0, 0.1) is 12.3 Å². The van der Waals surface area contributed by atoms with E-state index in [1.165, 1.54) is 12.0 Å². The maximum atomic E-state index is 14.1. The third-order valence-electron chi connectivity index (χ3n) is 12.5. The second kappa shape index (κ2) is 19.9. The summed E-state index contributed by atoms with van der Waals surface area (Å²) in [6.45, 7) is 9.58. The molecule has 4 heterocycles. The number of hydrogen-bond donors (Lipinski definition) is 5. The topological polar surface area (TPSA) is 211 Å². The van der Waals surface area contributed by atoms with Crippen molar-refractivity contribution in [2.45, 2.75) is 116 Å². The molecule has 2 aromatic heterocycles. The molecular formula is C47H60N10O7S. The highest BCUT2D eigenvalue weighted by atomic mass is 32.1. The summed E-state index contributed by atoms with van der Waals surface area (Å²) in [7, 11) is 3.24. The Morgan fingerprint density at radius 3 is 2.43 bits per heavy atom. The van der Waals surface area contributed by atoms with Crippen molar-refractivity contribution in [3.63, 3.8) is 0 Å². The van der Waals surface area contributed by atoms with Crippen LogP contribution in [0.15, 0.2) is 54.2 Å². The lowest BCUT2D eigenvalue weighted by molar-refractivity contribution is -0.144. The number of anilines is 4. The van der Waals surface area contributed by atoms with E-state index in [1.807, 2.05) is 58.9 Å². The Morgan fingerprint density at radius 1 is 1.03 bits per heavy atom. The molecule has 0 bridgehead atoms. The number of amides is 5. The number of rotatable bonds is 15. The Bertz CT molecular complexity index is 2400. The average Bonchev–Trinajstić information content (AvgIpc) is 4.07. The van der Waals surface area contributed by atoms with Crippen LogP contribution in [0.4, 0.5) is 23.1 Å². The van der Waals surface area contributed by atoms with Gasteiger partial charge in [-0.3, -0.25) is 24.0 Å². The molecule has 346 valence electrons. The van der Waals surface area contributed by atoms with E-state index >= 15 is 0 Å². The molecule has 0 radical (unpaired) electrons. The summed E-state index contributed by atoms with van der Waals surface area (Å²) in [5.74, 6) is -0.352. The van der Waals surface area contributed by atoms with Gasteiger partial charge in [0.1, 0.15) is 29.6 Å². The first kappa shape index (κ1) is 46.8. The number of β-amino-alcohol motifs (C(OH)–C–C–N with tert-alkyl or cyclic N) is 1. The predicted octanol–water partition coefficient (Wildman–Crippen LogP) is 5.09. The highest BCUT2D eigenvalue weighted by Gasteiger charge is 2.45. The number of nitrogens with zero attached hydrogens (tertiary/aromatic N) is 6. The first-order valence-electron chi connectivity index (χ1n) is 22.3. The molecule has 4 atom stereocenters. The monoisotopic (exact) mass is 908 g/mol. The number of methoxy groups -OCH3 is 1. The summed E-state index contributed by atoms with van der Waals surface area (Å²) in [4.78, 5) is 87.5. The van der Waals surface area contributed by atoms with E-state index in [0.717, 1.165) is 47.4 Å². The minimum atomic E-state index is -1.01. The maximum Gasteiger partial charge on any atom is 0.251 e. The molecule has 7 rings (SSSR count). The highest BCUT2D eigenvalue weighted by molar-refractivity contribution is 7.13. The molecule has 1 saturated carbocycles. The molecule has 3 aliphatic rings. The number of likely N-dealkylation sites (N-methyl/N-ethyl adjacent to an activating group) is 1. The molecule has 2 aliphatic heterocycles. The molecule has 2 aromatic carbocycles. The van der Waals surface area contributed by atoms with Crippen LogP contribution >= 0.6 is 11.3 Å². The van der Waals surface area contributed by atoms with Crippen molar-refractivity contribution in [1.29, 1.82) is 0 Å². The summed E-state index contributed by atoms with van der Waals surface area (Å²) < 4.78 is 5.65. The van der Waals surface area contributed by atoms with Gasteiger partial charge in [-0.05, 0) is 60.9 Å². The van der Waals surface area contributed by atoms with Crippen LogP contribution in [-0.4, -0.2) is 112 Å². The second-order valence-corrected chi connectivity index (χ2v) is 18.9. The van der Waals surface area contributed by atoms with Crippen LogP contribution in [0.3, 0.4) is 0 Å². The van der Waals surface area contributed by atoms with Crippen molar-refractivity contribution < 1.29 is 33.8 Å². The molecule has 4 aromatic rings. The molecule has 17 nitrogen and oxygen atoms in total. The van der Waals surface area contributed by atoms with E-state index in [0.29, 0.717) is 40.9 Å². The number of carbonyl (C=O) groups excluding carboxylic acids is 5. The van der Waals surface area contributed by atoms with Gasteiger partial charge in [0, 0.05) is 51.1 Å². The first-order chi connectivity index (χ1) is 31.1. The number of benzene rings is 2. The third-order valence-corrected chi connectivity index (χ3v) is 13.4. The van der Waals surface area contributed by atoms with E-state index in [9.17, 15) is 29.1 Å². The minimum Gasteiger partial charge on any atom is -0.495 e. The van der Waals surface area contributed by atoms with Gasteiger partial charge in [0.05, 0.1) is 41.2 Å². The lowest BCUT2D eigenvalue weighted by atomic mass is 9.85. The van der Waals surface area contributed by atoms with Gasteiger partial charge in [-0.15, -0.1) is 11.3 Å². The maximum absolute atomic E-state index is 14.1. The van der Waals surface area contributed by atoms with Crippen LogP contribution in [0.1, 0.15) is 94.3 Å². The van der Waals surface area contributed by atoms with Gasteiger partial charge in [0.25, 0.3) is 5.91 Å². The zero-order chi connectivity index (χ0) is 46.6. The number of fused-ring (bicyclic) bond motifs is 1. The number of aliphatic hydroxyl groups excluding tert-OH is 1. The Labute approximate surface area is 383 Å². The van der Waals surface area contributed by atoms with Gasteiger partial charge in [-0.1, -0.05) is 64.8 Å². The lowest BCUT2D eigenvalue weighted by Crippen LogP contribution is -2.57. The van der Waals surface area contributed by atoms with E-state index in [4.69, 9.17) is 9.72 Å². The standard InChI is InChI=1S/C47H60N10O7S/c1-8-34-44(62)55(6)36-24-50-46(54-41(36)57(34)31-11-9-10-12-31)52-33-18-17-30(21-37(33)64-7)42(60)48-20-19-38(59)53-40(47(3,4)5)45(63)56-25-32(58)22-35(56)43(61)49-23-28-13-15-29(16-14-28)39-27(2)51-26-65-39/h13-18,21,24,26,31-32,34-35,40,58H,8-12,19-20,22-23,25H2,1-7H3,(H,48,60)(H,49,61)(H,53,59)(H,50,52,54)/t32-,34-,35+,40?/m1/s1. The van der Waals surface area contributed by atoms with Crippen LogP contribution in [0.5, 0.6) is 5.75 Å². The largest absolute Gasteiger partial charge is 0.495 e. The van der Waals surface area contributed by atoms with Crippen LogP contribution < -0.4 is 35.8 Å². The molecule has 5 amide bonds. The summed E-state index contributed by atoms with van der Waals surface area (Å²) in [6, 6.07) is 10.7. The number of hydrogen-bond acceptors (Lipinski definition) is 13. The van der Waals surface area contributed by atoms with Gasteiger partial charge in [0.2, 0.25) is 29.6 Å². The zero-order valence-corrected chi connectivity index (χ0v) is 39.0. The van der Waals surface area contributed by atoms with Crippen LogP contribution in [-0.2, 0) is 25.7 Å². The van der Waals surface area contributed by atoms with Gasteiger partial charge in [-0.2, -0.15) is 4.98 Å². The van der Waals surface area contributed by atoms with Crippen molar-refractivity contribution in [3.05, 3.63) is 71.0 Å². The number of aryl methyl sites for hydroxylation is 1. The Kier molecular flexibility index (Phi) is 14.4. The molecule has 1 saturated heterocycles. The number of thiazole rings is 1. The van der Waals surface area contributed by atoms with Crippen molar-refractivity contribution in [3.8, 4) is 16.2 Å². The van der Waals surface area contributed by atoms with Crippen LogP contribution in [0.25, 0.3) is 10.4 Å². The zero-order valence-electron chi connectivity index (χ0n) is 38.1. The van der Waals surface area contributed by atoms with Crippen molar-refractivity contribution in [2.75, 3.05) is 42.4 Å². The highest BCUT2D eigenvalue weighted by Crippen LogP contribution is 2.40. The Balaban J connectivity index is 0.937. The number of ether oxygens (including phenoxy) is 1. The number of nitrogens with one attached hydrogen (secondary N) is 4. The summed E-state index contributed by atoms with van der Waals surface area (Å²) in [5.41, 5.74) is 5.40. The normalized spacial score (nSPS) is 19.2. The minimum absolute atomic E-state index is 0.0214. The lowest BCUT2D eigenvalue weighted by Gasteiger charge is -2.43. The second-order valence-electron chi connectivity index (χ2n) is 18.1. The molecule has 5 N–H and O–H groups in total. The molecular weight excluding hydrogens is 849 g/mol. The number of aliphatic hydroxyl groups is 1. The summed E-state index contributed by atoms with van der Waals surface area (Å²) >= 11 is 1.56. The fourth-order valence-electron chi connectivity index (χ4n) is 8.90. The van der Waals surface area contributed by atoms with E-state index in [1.54, 1.807) is 53.2 Å². The summed E-state index contributed by atoms with van der Waals surface area (Å²) in [6.07, 6.45) is 5.57. The number of aromatic nitrogens is 3. The van der Waals surface area contributed by atoms with Gasteiger partial charge < -0.3 is 45.8 Å². The van der Waals surface area contributed by atoms with Gasteiger partial charge in [-0.25, -0.2) is 9.97 Å². The molecule has 18 heteroatoms. The molecule has 65 heavy (non-hydrogen) atoms. The fourth-order valence-corrected chi connectivity index (χ4v) is 9.72. The molecule has 0 spiro atoms. The number of carbonyl (C=O) groups is 5. The predicted molar refractivity (Wildman–Crippen MR) is 249 cm³/mol. The molecule has 1 aliphatic carbocycles. The molecule has 1 unspecified atom stereocenters. The fraction of sp³-hybridized carbons (Fsp3) is 0.489. The average molecular weight is 909 g/mol. The van der Waals surface area contributed by atoms with Gasteiger partial charge in [0.15, 0.2) is 5.82 Å². The Hall–Kier alpha value is -6.14. The number of likely N-dealkylation sites (tertiary alicyclic amines) is 1. The smallest absolute Gasteiger partial charge is 0.251 e. The van der Waals surface area contributed by atoms with E-state index < -0.39 is 47.2 Å². The van der Waals surface area contributed by atoms with Crippen LogP contribution in [0.2, 0.25) is 0 Å². The SMILES string of the molecule is CC[C@@H]1C(=O)N(C)c2cnc(Nc3ccc(C(=O)NCCC(=O)NC(C(=O)N4C[C@H](O)C[C@H]4C(=O)NCc4ccc(-c5scnc5C)cc4)C(C)(C)C)cc3OC)nc2N1C1CCCC1. The summed E-state index contributed by atoms with van der Waals surface area (Å²) in [5, 5.41) is 22.4. The Morgan fingerprint density at radius 2 is 1.77 bits per heavy atom. The van der Waals surface area contributed by atoms with E-state index in [2.05, 4.69) is 36.1 Å². The molecule has 2 fully saturated rings. The van der Waals surface area contributed by atoms with Crippen molar-refractivity contribution in [1.82, 2.24) is 35.8 Å². The quantitative estimate of drug-likeness (QED) is 0.106. The van der Waals surface area contributed by atoms with Crippen molar-refractivity contribution in [2.24, 2.45) is 5.41 Å². The first-order valence-corrected chi connectivity index (χ1v) is 23.2.